The van der Waals surface area contributed by atoms with E-state index in [1.807, 2.05) is 101 Å². The molecule has 0 spiro atoms. The molecule has 3 rings (SSSR count). The normalized spacial score (nSPS) is 21.2. The third-order valence-corrected chi connectivity index (χ3v) is 10.4. The number of aryl methyl sites for hydroxylation is 1. The Labute approximate surface area is 247 Å². The first kappa shape index (κ1) is 32.2. The lowest BCUT2D eigenvalue weighted by molar-refractivity contribution is -0.0360. The molecule has 0 bridgehead atoms. The van der Waals surface area contributed by atoms with Crippen LogP contribution in [0.1, 0.15) is 21.7 Å². The van der Waals surface area contributed by atoms with Gasteiger partial charge in [-0.05, 0) is 57.1 Å². The summed E-state index contributed by atoms with van der Waals surface area (Å²) in [7, 11) is 22.9. The van der Waals surface area contributed by atoms with Crippen molar-refractivity contribution in [2.24, 2.45) is 0 Å². The van der Waals surface area contributed by atoms with E-state index in [1.54, 1.807) is 17.3 Å². The van der Waals surface area contributed by atoms with Gasteiger partial charge in [-0.15, -0.1) is 0 Å². The number of piperidine rings is 1. The van der Waals surface area contributed by atoms with Gasteiger partial charge in [-0.3, -0.25) is 4.79 Å². The molecule has 1 saturated heterocycles. The van der Waals surface area contributed by atoms with Crippen molar-refractivity contribution in [1.82, 2.24) is 20.2 Å². The molecule has 0 saturated carbocycles. The quantitative estimate of drug-likeness (QED) is 0.386. The van der Waals surface area contributed by atoms with Gasteiger partial charge in [0.05, 0.1) is 10.7 Å². The number of likely N-dealkylation sites (tertiary alicyclic amines) is 1. The van der Waals surface area contributed by atoms with Crippen LogP contribution in [0, 0.1) is 12.7 Å². The molecule has 1 aliphatic rings. The fraction of sp³-hybridized carbons (Fsp3) is 0.421. The highest BCUT2D eigenvalue weighted by molar-refractivity contribution is 6.64. The second-order valence-electron chi connectivity index (χ2n) is 14.3. The summed E-state index contributed by atoms with van der Waals surface area (Å²) in [5, 5.41) is -2.54. The molecule has 2 heterocycles. The summed E-state index contributed by atoms with van der Waals surface area (Å²) < 4.78 is 32.6. The van der Waals surface area contributed by atoms with Gasteiger partial charge in [0.2, 0.25) is 0 Å². The molecule has 5 nitrogen and oxygen atoms in total. The van der Waals surface area contributed by atoms with Crippen LogP contribution in [-0.4, -0.2) is 137 Å². The van der Waals surface area contributed by atoms with Gasteiger partial charge in [0.25, 0.3) is 5.91 Å². The minimum Gasteiger partial charge on any atom is -0.361 e. The van der Waals surface area contributed by atoms with Gasteiger partial charge in [-0.25, -0.2) is 18.7 Å². The van der Waals surface area contributed by atoms with Crippen LogP contribution in [0.25, 0.3) is 0 Å². The van der Waals surface area contributed by atoms with Crippen LogP contribution in [0.3, 0.4) is 0 Å². The summed E-state index contributed by atoms with van der Waals surface area (Å²) >= 11 is 6.05. The van der Waals surface area contributed by atoms with Crippen LogP contribution in [0.2, 0.25) is 15.5 Å². The van der Waals surface area contributed by atoms with E-state index in [0.29, 0.717) is 5.82 Å². The van der Waals surface area contributed by atoms with Crippen molar-refractivity contribution < 1.29 is 13.6 Å². The fourth-order valence-corrected chi connectivity index (χ4v) is 7.53. The van der Waals surface area contributed by atoms with Crippen molar-refractivity contribution in [2.45, 2.75) is 44.4 Å². The predicted molar refractivity (Wildman–Crippen MR) is 189 cm³/mol. The van der Waals surface area contributed by atoms with Crippen LogP contribution < -0.4 is 5.32 Å². The van der Waals surface area contributed by atoms with Gasteiger partial charge in [0.1, 0.15) is 106 Å². The number of aromatic nitrogens is 2. The Kier molecular flexibility index (Phi) is 7.93. The lowest BCUT2D eigenvalue weighted by Gasteiger charge is -2.77. The van der Waals surface area contributed by atoms with Gasteiger partial charge >= 0.3 is 0 Å². The van der Waals surface area contributed by atoms with E-state index in [4.69, 9.17) is 11.6 Å². The Balaban J connectivity index is 2.20. The van der Waals surface area contributed by atoms with E-state index < -0.39 is 43.3 Å². The third kappa shape index (κ3) is 4.52. The van der Waals surface area contributed by atoms with Crippen LogP contribution in [0.15, 0.2) is 30.6 Å². The molecule has 0 unspecified atom stereocenters. The number of hydrogen-bond donors (Lipinski definition) is 1. The number of benzene rings is 1. The Morgan fingerprint density at radius 1 is 0.949 bits per heavy atom. The molecule has 0 aliphatic carbocycles. The standard InChI is InChI=1S/C19H33B12ClF2N4O/c1-7-5-35-12(36-6-7)13(20,21)37-17(26,27)14(34)15(22,23)18(28,29)38(19(30,31)16(14,24)25)11(39)8-2-3-10(33)9(32)4-8/h2-6,37H,20-31H2,1H3. The fourth-order valence-electron chi connectivity index (χ4n) is 7.35. The lowest BCUT2D eigenvalue weighted by atomic mass is 9.11. The van der Waals surface area contributed by atoms with E-state index in [1.165, 1.54) is 18.2 Å². The number of nitrogens with one attached hydrogen (secondary N) is 1. The highest BCUT2D eigenvalue weighted by Crippen LogP contribution is 2.67. The summed E-state index contributed by atoms with van der Waals surface area (Å²) in [6.45, 7) is 1.93. The van der Waals surface area contributed by atoms with Crippen LogP contribution in [0.5, 0.6) is 0 Å². The Morgan fingerprint density at radius 2 is 1.41 bits per heavy atom. The van der Waals surface area contributed by atoms with E-state index in [0.717, 1.165) is 5.56 Å². The molecular formula is C19H33B12ClF2N4O. The zero-order chi connectivity index (χ0) is 30.2. The Morgan fingerprint density at radius 3 is 1.85 bits per heavy atom. The maximum atomic E-state index is 18.7. The maximum absolute atomic E-state index is 18.7. The minimum atomic E-state index is -1.88. The monoisotopic (exact) mass is 538 g/mol. The number of amides is 1. The van der Waals surface area contributed by atoms with Gasteiger partial charge in [-0.1, -0.05) is 11.6 Å². The molecule has 0 atom stereocenters. The average molecular weight is 537 g/mol. The summed E-state index contributed by atoms with van der Waals surface area (Å²) in [5.74, 6) is -0.351. The molecule has 1 aromatic carbocycles. The van der Waals surface area contributed by atoms with Crippen molar-refractivity contribution >= 4 is 112 Å². The third-order valence-electron chi connectivity index (χ3n) is 10.1. The highest BCUT2D eigenvalue weighted by atomic mass is 35.5. The van der Waals surface area contributed by atoms with E-state index in [2.05, 4.69) is 15.3 Å². The second-order valence-corrected chi connectivity index (χ2v) is 14.7. The molecule has 20 heteroatoms. The predicted octanol–water partition coefficient (Wildman–Crippen LogP) is -9.07. The number of alkyl halides is 1. The number of rotatable bonds is 5. The van der Waals surface area contributed by atoms with E-state index >= 15 is 4.39 Å². The van der Waals surface area contributed by atoms with Gasteiger partial charge in [0.15, 0.2) is 0 Å². The topological polar surface area (TPSA) is 58.1 Å². The maximum Gasteiger partial charge on any atom is 0.252 e. The highest BCUT2D eigenvalue weighted by Gasteiger charge is 2.75. The smallest absolute Gasteiger partial charge is 0.252 e. The number of halogens is 3. The van der Waals surface area contributed by atoms with Crippen molar-refractivity contribution in [3.63, 3.8) is 0 Å². The zero-order valence-electron chi connectivity index (χ0n) is 25.8. The molecule has 1 aromatic heterocycles. The first-order valence-electron chi connectivity index (χ1n) is 13.5. The number of hydrogen-bond acceptors (Lipinski definition) is 4. The second kappa shape index (κ2) is 9.61. The number of carbonyl (C=O) groups excluding carboxylic acids is 1. The largest absolute Gasteiger partial charge is 0.361 e. The molecule has 1 amide bonds. The molecule has 1 fully saturated rings. The zero-order valence-corrected chi connectivity index (χ0v) is 26.5. The SMILES string of the molecule is BC(B)(NC(B)(B)C1(F)C(B)(B)C(B)(B)N(C(=O)c2ccc(F)c(Cl)c2)C(B)(B)C1(B)B)c1ncc(C)cn1. The molecular weight excluding hydrogens is 503 g/mol. The average Bonchev–Trinajstić information content (AvgIpc) is 2.78. The van der Waals surface area contributed by atoms with Crippen LogP contribution >= 0.6 is 11.6 Å². The first-order valence-corrected chi connectivity index (χ1v) is 13.8. The van der Waals surface area contributed by atoms with Gasteiger partial charge in [-0.2, -0.15) is 0 Å². The van der Waals surface area contributed by atoms with Crippen molar-refractivity contribution in [3.05, 3.63) is 58.4 Å². The van der Waals surface area contributed by atoms with Crippen molar-refractivity contribution in [3.8, 4) is 0 Å². The lowest BCUT2D eigenvalue weighted by Crippen LogP contribution is -2.90. The van der Waals surface area contributed by atoms with Crippen LogP contribution in [0.4, 0.5) is 8.78 Å². The molecule has 2 aromatic rings. The summed E-state index contributed by atoms with van der Waals surface area (Å²) in [4.78, 5) is 25.0. The molecule has 1 N–H and O–H groups in total. The minimum absolute atomic E-state index is 0.127. The molecule has 192 valence electrons. The molecule has 39 heavy (non-hydrogen) atoms. The first-order chi connectivity index (χ1) is 17.4. The summed E-state index contributed by atoms with van der Waals surface area (Å²) in [5.41, 5.74) is -0.671. The van der Waals surface area contributed by atoms with E-state index in [-0.39, 0.29) is 16.5 Å². The van der Waals surface area contributed by atoms with E-state index in [9.17, 15) is 9.18 Å². The van der Waals surface area contributed by atoms with Crippen LogP contribution in [-0.2, 0) is 5.34 Å². The number of nitrogens with zero attached hydrogens (tertiary/aromatic N) is 3. The summed E-state index contributed by atoms with van der Waals surface area (Å²) in [6.07, 6.45) is 3.52. The molecule has 0 radical (unpaired) electrons. The van der Waals surface area contributed by atoms with Crippen molar-refractivity contribution in [2.75, 3.05) is 0 Å². The summed E-state index contributed by atoms with van der Waals surface area (Å²) in [6, 6.07) is 3.97. The van der Waals surface area contributed by atoms with Crippen molar-refractivity contribution in [1.29, 1.82) is 0 Å². The van der Waals surface area contributed by atoms with Gasteiger partial charge in [0, 0.05) is 23.3 Å². The van der Waals surface area contributed by atoms with Gasteiger partial charge < -0.3 is 10.2 Å². The Bertz CT molecular complexity index is 1270. The number of carbonyl (C=O) groups is 1. The molecule has 1 aliphatic heterocycles. The Hall–Kier alpha value is -1.34.